The van der Waals surface area contributed by atoms with Gasteiger partial charge in [0, 0.05) is 42.6 Å². The summed E-state index contributed by atoms with van der Waals surface area (Å²) in [5, 5.41) is 13.9. The number of amides is 2. The Hall–Kier alpha value is -4.15. The molecule has 0 spiro atoms. The van der Waals surface area contributed by atoms with Crippen molar-refractivity contribution < 1.29 is 9.18 Å². The van der Waals surface area contributed by atoms with Gasteiger partial charge in [-0.15, -0.1) is 0 Å². The van der Waals surface area contributed by atoms with Gasteiger partial charge in [-0.3, -0.25) is 0 Å². The maximum Gasteiger partial charge on any atom is 0.318 e. The third-order valence-electron chi connectivity index (χ3n) is 7.20. The number of hydrogen-bond acceptors (Lipinski definition) is 5. The summed E-state index contributed by atoms with van der Waals surface area (Å²) in [5.74, 6) is -0.286. The third kappa shape index (κ3) is 5.88. The van der Waals surface area contributed by atoms with Crippen molar-refractivity contribution >= 4 is 46.0 Å². The molecule has 2 aromatic carbocycles. The number of nitrogens with zero attached hydrogens (tertiary/aromatic N) is 3. The number of amidine groups is 1. The second-order valence-electron chi connectivity index (χ2n) is 10.1. The van der Waals surface area contributed by atoms with Gasteiger partial charge in [0.1, 0.15) is 11.7 Å². The standard InChI is InChI=1S/C29H32ClFN8O/c1-16-11-21(37-29(40)34-2)8-9-22(16)17-12-26-27(36-20-6-4-19(32)5-7-20)23(14-35-39(26)15-17)28(33)38-25-13-18(31)3-10-24(25)30/h3,8-15,19-20,36H,4-7,32H2,1-2H3,(H2,33,38)(H2,34,37,40)/t19-,20-. The van der Waals surface area contributed by atoms with Crippen molar-refractivity contribution in [3.05, 3.63) is 76.8 Å². The lowest BCUT2D eigenvalue weighted by molar-refractivity contribution is 0.254. The SMILES string of the molecule is CNC(=O)Nc1ccc(-c2cc3c(N[C@H]4CC[C@H](N)CC4)c(C(N)=Nc4cc(F)ccc4Cl)cnn3c2)c(C)c1. The van der Waals surface area contributed by atoms with Crippen molar-refractivity contribution in [1.29, 1.82) is 0 Å². The summed E-state index contributed by atoms with van der Waals surface area (Å²) in [6.45, 7) is 1.99. The zero-order valence-corrected chi connectivity index (χ0v) is 23.1. The zero-order valence-electron chi connectivity index (χ0n) is 22.3. The highest BCUT2D eigenvalue weighted by Crippen LogP contribution is 2.34. The summed E-state index contributed by atoms with van der Waals surface area (Å²) >= 11 is 6.26. The minimum absolute atomic E-state index is 0.168. The van der Waals surface area contributed by atoms with Gasteiger partial charge >= 0.3 is 6.03 Å². The van der Waals surface area contributed by atoms with Gasteiger partial charge in [0.2, 0.25) is 0 Å². The first-order valence-corrected chi connectivity index (χ1v) is 13.5. The van der Waals surface area contributed by atoms with Crippen LogP contribution in [0.3, 0.4) is 0 Å². The average Bonchev–Trinajstić information content (AvgIpc) is 3.36. The van der Waals surface area contributed by atoms with E-state index in [9.17, 15) is 9.18 Å². The first-order valence-electron chi connectivity index (χ1n) is 13.1. The molecule has 1 fully saturated rings. The van der Waals surface area contributed by atoms with E-state index in [0.29, 0.717) is 16.3 Å². The second kappa shape index (κ2) is 11.5. The van der Waals surface area contributed by atoms with E-state index >= 15 is 0 Å². The monoisotopic (exact) mass is 562 g/mol. The van der Waals surface area contributed by atoms with Crippen LogP contribution in [0.1, 0.15) is 36.8 Å². The molecule has 1 saturated carbocycles. The third-order valence-corrected chi connectivity index (χ3v) is 7.52. The molecule has 9 nitrogen and oxygen atoms in total. The minimum Gasteiger partial charge on any atom is -0.383 e. The maximum atomic E-state index is 13.9. The van der Waals surface area contributed by atoms with Crippen LogP contribution in [-0.4, -0.2) is 40.6 Å². The van der Waals surface area contributed by atoms with E-state index in [0.717, 1.165) is 53.6 Å². The number of aryl methyl sites for hydroxylation is 1. The number of nitrogens with two attached hydrogens (primary N) is 2. The fraction of sp³-hybridized carbons (Fsp3) is 0.276. The molecule has 4 aromatic rings. The van der Waals surface area contributed by atoms with Crippen molar-refractivity contribution in [2.75, 3.05) is 17.7 Å². The Labute approximate surface area is 236 Å². The number of carbonyl (C=O) groups is 1. The molecule has 0 aliphatic heterocycles. The van der Waals surface area contributed by atoms with Crippen molar-refractivity contribution in [2.24, 2.45) is 16.5 Å². The second-order valence-corrected chi connectivity index (χ2v) is 10.5. The van der Waals surface area contributed by atoms with Gasteiger partial charge in [0.25, 0.3) is 0 Å². The lowest BCUT2D eigenvalue weighted by Gasteiger charge is -2.28. The predicted molar refractivity (Wildman–Crippen MR) is 159 cm³/mol. The van der Waals surface area contributed by atoms with Crippen molar-refractivity contribution in [1.82, 2.24) is 14.9 Å². The van der Waals surface area contributed by atoms with Gasteiger partial charge in [-0.1, -0.05) is 17.7 Å². The van der Waals surface area contributed by atoms with E-state index in [-0.39, 0.29) is 29.6 Å². The first kappa shape index (κ1) is 27.4. The molecule has 1 aliphatic rings. The van der Waals surface area contributed by atoms with Crippen molar-refractivity contribution in [3.8, 4) is 11.1 Å². The predicted octanol–water partition coefficient (Wildman–Crippen LogP) is 5.57. The minimum atomic E-state index is -0.454. The highest BCUT2D eigenvalue weighted by atomic mass is 35.5. The molecule has 0 unspecified atom stereocenters. The van der Waals surface area contributed by atoms with E-state index in [4.69, 9.17) is 23.1 Å². The van der Waals surface area contributed by atoms with E-state index in [2.05, 4.69) is 26.0 Å². The van der Waals surface area contributed by atoms with E-state index in [1.807, 2.05) is 37.4 Å². The Morgan fingerprint density at radius 3 is 2.65 bits per heavy atom. The normalized spacial score (nSPS) is 17.6. The highest BCUT2D eigenvalue weighted by molar-refractivity contribution is 6.33. The number of aromatic nitrogens is 2. The quantitative estimate of drug-likeness (QED) is 0.155. The molecule has 2 heterocycles. The molecule has 7 N–H and O–H groups in total. The lowest BCUT2D eigenvalue weighted by Crippen LogP contribution is -2.33. The number of aliphatic imine (C=N–C) groups is 1. The number of halogens is 2. The Morgan fingerprint density at radius 1 is 1.15 bits per heavy atom. The fourth-order valence-electron chi connectivity index (χ4n) is 5.04. The Kier molecular flexibility index (Phi) is 7.90. The van der Waals surface area contributed by atoms with Crippen LogP contribution >= 0.6 is 11.6 Å². The van der Waals surface area contributed by atoms with Crippen LogP contribution in [0.25, 0.3) is 16.6 Å². The van der Waals surface area contributed by atoms with Gasteiger partial charge in [-0.2, -0.15) is 5.10 Å². The van der Waals surface area contributed by atoms with Gasteiger partial charge in [0.05, 0.1) is 33.7 Å². The van der Waals surface area contributed by atoms with Crippen LogP contribution < -0.4 is 27.4 Å². The summed E-state index contributed by atoms with van der Waals surface area (Å²) in [4.78, 5) is 16.2. The highest BCUT2D eigenvalue weighted by Gasteiger charge is 2.22. The Morgan fingerprint density at radius 2 is 1.93 bits per heavy atom. The molecule has 0 atom stereocenters. The van der Waals surface area contributed by atoms with Crippen LogP contribution in [0.15, 0.2) is 59.9 Å². The summed E-state index contributed by atoms with van der Waals surface area (Å²) in [7, 11) is 1.57. The molecule has 0 bridgehead atoms. The number of anilines is 2. The van der Waals surface area contributed by atoms with Crippen LogP contribution in [-0.2, 0) is 0 Å². The average molecular weight is 563 g/mol. The van der Waals surface area contributed by atoms with Gasteiger partial charge in [-0.25, -0.2) is 18.7 Å². The number of rotatable bonds is 6. The summed E-state index contributed by atoms with van der Waals surface area (Å²) < 4.78 is 15.7. The van der Waals surface area contributed by atoms with Gasteiger partial charge in [0.15, 0.2) is 0 Å². The Balaban J connectivity index is 1.58. The van der Waals surface area contributed by atoms with Gasteiger partial charge < -0.3 is 27.4 Å². The van der Waals surface area contributed by atoms with Crippen LogP contribution in [0.5, 0.6) is 0 Å². The van der Waals surface area contributed by atoms with E-state index < -0.39 is 5.82 Å². The zero-order chi connectivity index (χ0) is 28.4. The van der Waals surface area contributed by atoms with Crippen LogP contribution in [0.2, 0.25) is 5.02 Å². The van der Waals surface area contributed by atoms with Crippen LogP contribution in [0, 0.1) is 12.7 Å². The number of nitrogens with one attached hydrogen (secondary N) is 3. The smallest absolute Gasteiger partial charge is 0.318 e. The molecule has 208 valence electrons. The van der Waals surface area contributed by atoms with E-state index in [1.165, 1.54) is 18.2 Å². The molecule has 11 heteroatoms. The summed E-state index contributed by atoms with van der Waals surface area (Å²) in [6.07, 6.45) is 7.31. The number of fused-ring (bicyclic) bond motifs is 1. The molecule has 2 amide bonds. The molecule has 1 aliphatic carbocycles. The largest absolute Gasteiger partial charge is 0.383 e. The maximum absolute atomic E-state index is 13.9. The van der Waals surface area contributed by atoms with E-state index in [1.54, 1.807) is 17.8 Å². The number of carbonyl (C=O) groups excluding carboxylic acids is 1. The Bertz CT molecular complexity index is 1590. The van der Waals surface area contributed by atoms with Crippen molar-refractivity contribution in [2.45, 2.75) is 44.7 Å². The molecule has 2 aromatic heterocycles. The topological polar surface area (TPSA) is 135 Å². The number of hydrogen-bond donors (Lipinski definition) is 5. The summed E-state index contributed by atoms with van der Waals surface area (Å²) in [5.41, 5.74) is 18.7. The first-order chi connectivity index (χ1) is 19.2. The molecule has 0 radical (unpaired) electrons. The molecule has 40 heavy (non-hydrogen) atoms. The molecular formula is C29H32ClFN8O. The van der Waals surface area contributed by atoms with Gasteiger partial charge in [-0.05, 0) is 74.1 Å². The molecule has 0 saturated heterocycles. The van der Waals surface area contributed by atoms with Crippen LogP contribution in [0.4, 0.5) is 26.2 Å². The molecule has 5 rings (SSSR count). The molecular weight excluding hydrogens is 531 g/mol. The van der Waals surface area contributed by atoms with Crippen molar-refractivity contribution in [3.63, 3.8) is 0 Å². The number of benzene rings is 2. The number of urea groups is 1. The summed E-state index contributed by atoms with van der Waals surface area (Å²) in [6, 6.07) is 11.9. The fourth-order valence-corrected chi connectivity index (χ4v) is 5.20. The lowest BCUT2D eigenvalue weighted by atomic mass is 9.91.